The lowest BCUT2D eigenvalue weighted by Crippen LogP contribution is -2.51. The number of halogens is 2. The zero-order valence-electron chi connectivity index (χ0n) is 14.2. The fraction of sp³-hybridized carbons (Fsp3) is 0.650. The van der Waals surface area contributed by atoms with Crippen LogP contribution in [0.1, 0.15) is 46.0 Å². The summed E-state index contributed by atoms with van der Waals surface area (Å²) in [6, 6.07) is 0. The van der Waals surface area contributed by atoms with Crippen LogP contribution in [0.5, 0.6) is 0 Å². The molecule has 0 aromatic heterocycles. The highest BCUT2D eigenvalue weighted by Gasteiger charge is 2.59. The van der Waals surface area contributed by atoms with Gasteiger partial charge >= 0.3 is 0 Å². The third kappa shape index (κ3) is 1.98. The first-order valence-corrected chi connectivity index (χ1v) is 8.95. The second-order valence-corrected chi connectivity index (χ2v) is 8.53. The van der Waals surface area contributed by atoms with Crippen molar-refractivity contribution in [3.8, 4) is 0 Å². The smallest absolute Gasteiger partial charge is 0.273 e. The zero-order valence-corrected chi connectivity index (χ0v) is 14.2. The number of fused-ring (bicyclic) bond motifs is 5. The predicted molar refractivity (Wildman–Crippen MR) is 87.2 cm³/mol. The van der Waals surface area contributed by atoms with Crippen molar-refractivity contribution in [2.75, 3.05) is 0 Å². The lowest BCUT2D eigenvalue weighted by molar-refractivity contribution is -0.111. The Kier molecular flexibility index (Phi) is 3.44. The Morgan fingerprint density at radius 3 is 2.67 bits per heavy atom. The van der Waals surface area contributed by atoms with Gasteiger partial charge in [-0.15, -0.1) is 0 Å². The molecule has 3 saturated carbocycles. The number of carbonyl (C=O) groups excluding carboxylic acids is 1. The first-order valence-electron chi connectivity index (χ1n) is 8.95. The van der Waals surface area contributed by atoms with Crippen LogP contribution in [-0.4, -0.2) is 17.0 Å². The topological polar surface area (TPSA) is 37.3 Å². The Bertz CT molecular complexity index is 688. The van der Waals surface area contributed by atoms with Crippen LogP contribution in [0.3, 0.4) is 0 Å². The van der Waals surface area contributed by atoms with Gasteiger partial charge in [-0.25, -0.2) is 0 Å². The largest absolute Gasteiger partial charge is 0.393 e. The first-order chi connectivity index (χ1) is 11.3. The molecule has 4 rings (SSSR count). The van der Waals surface area contributed by atoms with E-state index in [-0.39, 0.29) is 40.6 Å². The lowest BCUT2D eigenvalue weighted by atomic mass is 9.47. The molecule has 2 nitrogen and oxygen atoms in total. The summed E-state index contributed by atoms with van der Waals surface area (Å²) in [5.74, 6) is 0.499. The summed E-state index contributed by atoms with van der Waals surface area (Å²) in [6.07, 6.45) is 6.72. The van der Waals surface area contributed by atoms with Gasteiger partial charge < -0.3 is 5.11 Å². The number of allylic oxidation sites excluding steroid dienone is 5. The molecule has 0 aliphatic heterocycles. The Morgan fingerprint density at radius 1 is 1.21 bits per heavy atom. The molecule has 0 aromatic rings. The molecule has 0 aromatic carbocycles. The maximum absolute atomic E-state index is 13.7. The SMILES string of the molecule is C[C@]12CC[C@H]3[C@@H](CC(=C(F)F)C4=CC(=O)C=C[C@@]43C)[C@@H]1CC[C@H]2O. The van der Waals surface area contributed by atoms with Gasteiger partial charge in [-0.1, -0.05) is 19.9 Å². The van der Waals surface area contributed by atoms with Crippen molar-refractivity contribution in [2.45, 2.75) is 52.1 Å². The minimum atomic E-state index is -1.65. The molecular formula is C20H24F2O2. The molecule has 130 valence electrons. The summed E-state index contributed by atoms with van der Waals surface area (Å²) in [7, 11) is 0. The summed E-state index contributed by atoms with van der Waals surface area (Å²) in [4.78, 5) is 11.8. The number of ketones is 1. The number of hydrogen-bond donors (Lipinski definition) is 1. The Balaban J connectivity index is 1.82. The normalized spacial score (nSPS) is 47.0. The number of aliphatic hydroxyl groups is 1. The van der Waals surface area contributed by atoms with Gasteiger partial charge in [0.25, 0.3) is 6.08 Å². The molecular weight excluding hydrogens is 310 g/mol. The van der Waals surface area contributed by atoms with Crippen LogP contribution < -0.4 is 0 Å². The maximum Gasteiger partial charge on any atom is 0.273 e. The van der Waals surface area contributed by atoms with Crippen LogP contribution in [0, 0.1) is 28.6 Å². The fourth-order valence-electron chi connectivity index (χ4n) is 6.24. The fourth-order valence-corrected chi connectivity index (χ4v) is 6.24. The molecule has 1 N–H and O–H groups in total. The van der Waals surface area contributed by atoms with Crippen LogP contribution >= 0.6 is 0 Å². The van der Waals surface area contributed by atoms with E-state index >= 15 is 0 Å². The number of hydrogen-bond acceptors (Lipinski definition) is 2. The van der Waals surface area contributed by atoms with Gasteiger partial charge in [0.1, 0.15) is 0 Å². The van der Waals surface area contributed by atoms with E-state index in [1.165, 1.54) is 12.2 Å². The van der Waals surface area contributed by atoms with Gasteiger partial charge in [-0.3, -0.25) is 4.79 Å². The average molecular weight is 334 g/mol. The summed E-state index contributed by atoms with van der Waals surface area (Å²) in [6.45, 7) is 4.14. The van der Waals surface area contributed by atoms with E-state index in [0.29, 0.717) is 12.0 Å². The Labute approximate surface area is 141 Å². The van der Waals surface area contributed by atoms with Crippen molar-refractivity contribution in [3.05, 3.63) is 35.5 Å². The van der Waals surface area contributed by atoms with Gasteiger partial charge in [-0.2, -0.15) is 8.78 Å². The van der Waals surface area contributed by atoms with E-state index in [1.54, 1.807) is 0 Å². The van der Waals surface area contributed by atoms with E-state index in [9.17, 15) is 18.7 Å². The van der Waals surface area contributed by atoms with Crippen LogP contribution in [-0.2, 0) is 4.79 Å². The second kappa shape index (κ2) is 5.10. The molecule has 6 atom stereocenters. The van der Waals surface area contributed by atoms with Crippen molar-refractivity contribution in [1.82, 2.24) is 0 Å². The highest BCUT2D eigenvalue weighted by atomic mass is 19.3. The molecule has 4 heteroatoms. The van der Waals surface area contributed by atoms with E-state index in [1.807, 2.05) is 13.0 Å². The molecule has 0 radical (unpaired) electrons. The third-order valence-electron chi connectivity index (χ3n) is 7.61. The van der Waals surface area contributed by atoms with Crippen LogP contribution in [0.25, 0.3) is 0 Å². The van der Waals surface area contributed by atoms with E-state index in [2.05, 4.69) is 6.92 Å². The van der Waals surface area contributed by atoms with Gasteiger partial charge in [-0.05, 0) is 73.0 Å². The maximum atomic E-state index is 13.7. The van der Waals surface area contributed by atoms with Gasteiger partial charge in [0.2, 0.25) is 0 Å². The van der Waals surface area contributed by atoms with Gasteiger partial charge in [0.15, 0.2) is 5.78 Å². The minimum Gasteiger partial charge on any atom is -0.393 e. The average Bonchev–Trinajstić information content (AvgIpc) is 2.83. The highest BCUT2D eigenvalue weighted by molar-refractivity contribution is 6.02. The molecule has 24 heavy (non-hydrogen) atoms. The van der Waals surface area contributed by atoms with Crippen molar-refractivity contribution in [2.24, 2.45) is 28.6 Å². The predicted octanol–water partition coefficient (Wildman–Crippen LogP) is 4.42. The molecule has 4 aliphatic carbocycles. The molecule has 4 aliphatic rings. The van der Waals surface area contributed by atoms with Gasteiger partial charge in [0.05, 0.1) is 6.10 Å². The van der Waals surface area contributed by atoms with Gasteiger partial charge in [0, 0.05) is 11.0 Å². The number of aliphatic hydroxyl groups excluding tert-OH is 1. The molecule has 0 unspecified atom stereocenters. The number of rotatable bonds is 0. The molecule has 0 bridgehead atoms. The first kappa shape index (κ1) is 16.2. The molecule has 0 spiro atoms. The van der Waals surface area contributed by atoms with Crippen LogP contribution in [0.2, 0.25) is 0 Å². The second-order valence-electron chi connectivity index (χ2n) is 8.53. The summed E-state index contributed by atoms with van der Waals surface area (Å²) >= 11 is 0. The lowest BCUT2D eigenvalue weighted by Gasteiger charge is -2.56. The van der Waals surface area contributed by atoms with Crippen molar-refractivity contribution in [3.63, 3.8) is 0 Å². The Morgan fingerprint density at radius 2 is 1.96 bits per heavy atom. The number of carbonyl (C=O) groups is 1. The molecule has 3 fully saturated rings. The van der Waals surface area contributed by atoms with E-state index < -0.39 is 11.5 Å². The monoisotopic (exact) mass is 334 g/mol. The standard InChI is InChI=1S/C20H24F2O2/c1-19-7-5-11(23)9-16(19)13(18(21)22)10-12-14-3-4-17(24)20(14,2)8-6-15(12)19/h5,7,9,12,14-15,17,24H,3-4,6,8,10H2,1-2H3/t12-,14-,15-,17+,19+,20-/m0/s1. The van der Waals surface area contributed by atoms with E-state index in [4.69, 9.17) is 0 Å². The molecule has 0 amide bonds. The van der Waals surface area contributed by atoms with E-state index in [0.717, 1.165) is 25.7 Å². The Hall–Kier alpha value is -1.29. The molecule has 0 heterocycles. The van der Waals surface area contributed by atoms with Crippen LogP contribution in [0.15, 0.2) is 35.5 Å². The van der Waals surface area contributed by atoms with Crippen molar-refractivity contribution < 1.29 is 18.7 Å². The third-order valence-corrected chi connectivity index (χ3v) is 7.61. The summed E-state index contributed by atoms with van der Waals surface area (Å²) < 4.78 is 27.4. The van der Waals surface area contributed by atoms with Crippen LogP contribution in [0.4, 0.5) is 8.78 Å². The molecule has 0 saturated heterocycles. The zero-order chi connectivity index (χ0) is 17.3. The summed E-state index contributed by atoms with van der Waals surface area (Å²) in [5, 5.41) is 10.5. The quantitative estimate of drug-likeness (QED) is 0.712. The van der Waals surface area contributed by atoms with Crippen molar-refractivity contribution in [1.29, 1.82) is 0 Å². The highest BCUT2D eigenvalue weighted by Crippen LogP contribution is 2.65. The van der Waals surface area contributed by atoms with Crippen molar-refractivity contribution >= 4 is 5.78 Å². The summed E-state index contributed by atoms with van der Waals surface area (Å²) in [5.41, 5.74) is -0.0459. The minimum absolute atomic E-state index is 0.0714.